The van der Waals surface area contributed by atoms with E-state index < -0.39 is 16.9 Å². The maximum atomic E-state index is 11.7. The molecule has 0 aromatic carbocycles. The van der Waals surface area contributed by atoms with E-state index >= 15 is 0 Å². The zero-order chi connectivity index (χ0) is 15.4. The fraction of sp³-hybridized carbons (Fsp3) is 0.455. The summed E-state index contributed by atoms with van der Waals surface area (Å²) in [5.74, 6) is -0.861. The van der Waals surface area contributed by atoms with Gasteiger partial charge in [-0.3, -0.25) is 25.0 Å². The molecule has 2 rings (SSSR count). The van der Waals surface area contributed by atoms with Crippen molar-refractivity contribution in [2.24, 2.45) is 0 Å². The van der Waals surface area contributed by atoms with Gasteiger partial charge in [0, 0.05) is 13.0 Å². The second-order valence-electron chi connectivity index (χ2n) is 4.35. The van der Waals surface area contributed by atoms with E-state index in [0.29, 0.717) is 6.54 Å². The average molecular weight is 294 g/mol. The van der Waals surface area contributed by atoms with Gasteiger partial charge in [0.05, 0.1) is 4.92 Å². The van der Waals surface area contributed by atoms with Crippen LogP contribution in [-0.4, -0.2) is 39.3 Å². The molecule has 0 spiro atoms. The van der Waals surface area contributed by atoms with Crippen LogP contribution < -0.4 is 16.0 Å². The van der Waals surface area contributed by atoms with E-state index in [1.54, 1.807) is 6.92 Å². The van der Waals surface area contributed by atoms with E-state index in [2.05, 4.69) is 25.9 Å². The highest BCUT2D eigenvalue weighted by Gasteiger charge is 2.30. The highest BCUT2D eigenvalue weighted by Crippen LogP contribution is 2.29. The second kappa shape index (κ2) is 6.11. The van der Waals surface area contributed by atoms with E-state index in [9.17, 15) is 19.7 Å². The molecule has 3 N–H and O–H groups in total. The Kier molecular flexibility index (Phi) is 4.26. The minimum atomic E-state index is -0.745. The lowest BCUT2D eigenvalue weighted by Gasteiger charge is -2.22. The fourth-order valence-electron chi connectivity index (χ4n) is 1.95. The predicted octanol–water partition coefficient (Wildman–Crippen LogP) is 0.0337. The Morgan fingerprint density at radius 3 is 2.76 bits per heavy atom. The number of rotatable bonds is 5. The lowest BCUT2D eigenvalue weighted by Crippen LogP contribution is -2.47. The summed E-state index contributed by atoms with van der Waals surface area (Å²) in [5, 5.41) is 18.8. The third kappa shape index (κ3) is 3.22. The molecule has 21 heavy (non-hydrogen) atoms. The van der Waals surface area contributed by atoms with E-state index in [0.717, 1.165) is 0 Å². The number of anilines is 2. The standard InChI is InChI=1S/C11H14N6O4/c1-2-12-9-8(17(20)21)10(14-5-13-9)15-6-3-4-7(18)16-11(6)19/h5-6H,2-4H2,1H3,(H,16,18,19)(H2,12,13,14,15). The van der Waals surface area contributed by atoms with Crippen LogP contribution in [0.5, 0.6) is 0 Å². The number of hydrogen-bond donors (Lipinski definition) is 3. The number of carbonyl (C=O) groups is 2. The molecule has 112 valence electrons. The summed E-state index contributed by atoms with van der Waals surface area (Å²) in [5.41, 5.74) is -0.330. The van der Waals surface area contributed by atoms with Crippen molar-refractivity contribution in [3.05, 3.63) is 16.4 Å². The third-order valence-corrected chi connectivity index (χ3v) is 2.90. The van der Waals surface area contributed by atoms with Crippen molar-refractivity contribution in [1.82, 2.24) is 15.3 Å². The lowest BCUT2D eigenvalue weighted by atomic mass is 10.1. The third-order valence-electron chi connectivity index (χ3n) is 2.90. The Morgan fingerprint density at radius 2 is 2.14 bits per heavy atom. The predicted molar refractivity (Wildman–Crippen MR) is 72.6 cm³/mol. The van der Waals surface area contributed by atoms with Crippen molar-refractivity contribution in [3.63, 3.8) is 0 Å². The molecule has 0 radical (unpaired) electrons. The molecule has 1 fully saturated rings. The van der Waals surface area contributed by atoms with Crippen molar-refractivity contribution in [2.75, 3.05) is 17.2 Å². The summed E-state index contributed by atoms with van der Waals surface area (Å²) in [7, 11) is 0. The number of hydrogen-bond acceptors (Lipinski definition) is 8. The summed E-state index contributed by atoms with van der Waals surface area (Å²) in [6.45, 7) is 2.23. The molecule has 1 aliphatic heterocycles. The Labute approximate surface area is 119 Å². The molecule has 1 unspecified atom stereocenters. The van der Waals surface area contributed by atoms with Gasteiger partial charge in [-0.05, 0) is 13.3 Å². The number of piperidine rings is 1. The van der Waals surface area contributed by atoms with Crippen molar-refractivity contribution in [1.29, 1.82) is 0 Å². The number of imide groups is 1. The fourth-order valence-corrected chi connectivity index (χ4v) is 1.95. The molecule has 10 heteroatoms. The monoisotopic (exact) mass is 294 g/mol. The zero-order valence-corrected chi connectivity index (χ0v) is 11.3. The van der Waals surface area contributed by atoms with Crippen molar-refractivity contribution in [3.8, 4) is 0 Å². The summed E-state index contributed by atoms with van der Waals surface area (Å²) in [4.78, 5) is 41.0. The SMILES string of the molecule is CCNc1ncnc(NC2CCC(=O)NC2=O)c1[N+](=O)[O-]. The van der Waals surface area contributed by atoms with E-state index in [4.69, 9.17) is 0 Å². The molecule has 2 amide bonds. The largest absolute Gasteiger partial charge is 0.364 e. The van der Waals surface area contributed by atoms with Crippen LogP contribution in [0.3, 0.4) is 0 Å². The highest BCUT2D eigenvalue weighted by atomic mass is 16.6. The van der Waals surface area contributed by atoms with Gasteiger partial charge in [0.15, 0.2) is 0 Å². The smallest absolute Gasteiger partial charge is 0.353 e. The Balaban J connectivity index is 2.27. The van der Waals surface area contributed by atoms with Gasteiger partial charge in [0.25, 0.3) is 0 Å². The molecule has 10 nitrogen and oxygen atoms in total. The minimum absolute atomic E-state index is 0.0551. The van der Waals surface area contributed by atoms with Gasteiger partial charge in [-0.15, -0.1) is 0 Å². The Hall–Kier alpha value is -2.78. The normalized spacial score (nSPS) is 18.0. The second-order valence-corrected chi connectivity index (χ2v) is 4.35. The molecule has 1 aromatic heterocycles. The summed E-state index contributed by atoms with van der Waals surface area (Å²) >= 11 is 0. The van der Waals surface area contributed by atoms with Gasteiger partial charge in [-0.2, -0.15) is 0 Å². The van der Waals surface area contributed by atoms with Crippen LogP contribution in [-0.2, 0) is 9.59 Å². The number of nitrogens with zero attached hydrogens (tertiary/aromatic N) is 3. The first-order valence-corrected chi connectivity index (χ1v) is 6.36. The molecule has 2 heterocycles. The zero-order valence-electron chi connectivity index (χ0n) is 11.3. The van der Waals surface area contributed by atoms with Crippen LogP contribution in [0, 0.1) is 10.1 Å². The molecule has 1 saturated heterocycles. The van der Waals surface area contributed by atoms with Crippen molar-refractivity contribution in [2.45, 2.75) is 25.8 Å². The maximum Gasteiger partial charge on any atom is 0.353 e. The number of nitrogens with one attached hydrogen (secondary N) is 3. The van der Waals surface area contributed by atoms with Gasteiger partial charge >= 0.3 is 5.69 Å². The Bertz CT molecular complexity index is 590. The topological polar surface area (TPSA) is 139 Å². The number of carbonyl (C=O) groups excluding carboxylic acids is 2. The van der Waals surface area contributed by atoms with Gasteiger partial charge in [0.2, 0.25) is 23.5 Å². The molecule has 1 aliphatic rings. The van der Waals surface area contributed by atoms with Crippen LogP contribution in [0.4, 0.5) is 17.3 Å². The van der Waals surface area contributed by atoms with Crippen molar-refractivity contribution >= 4 is 29.1 Å². The van der Waals surface area contributed by atoms with Crippen LogP contribution in [0.25, 0.3) is 0 Å². The molecule has 1 atom stereocenters. The van der Waals surface area contributed by atoms with E-state index in [1.165, 1.54) is 6.33 Å². The summed E-state index contributed by atoms with van der Waals surface area (Å²) < 4.78 is 0. The van der Waals surface area contributed by atoms with Gasteiger partial charge in [-0.25, -0.2) is 9.97 Å². The number of nitro groups is 1. The highest BCUT2D eigenvalue weighted by molar-refractivity contribution is 6.01. The van der Waals surface area contributed by atoms with Crippen molar-refractivity contribution < 1.29 is 14.5 Å². The quantitative estimate of drug-likeness (QED) is 0.392. The number of aromatic nitrogens is 2. The Morgan fingerprint density at radius 1 is 1.43 bits per heavy atom. The van der Waals surface area contributed by atoms with Crippen LogP contribution >= 0.6 is 0 Å². The number of amides is 2. The summed E-state index contributed by atoms with van der Waals surface area (Å²) in [6, 6.07) is -0.745. The van der Waals surface area contributed by atoms with Gasteiger partial charge in [-0.1, -0.05) is 0 Å². The first-order chi connectivity index (χ1) is 10.0. The van der Waals surface area contributed by atoms with Gasteiger partial charge < -0.3 is 10.6 Å². The molecule has 0 aliphatic carbocycles. The lowest BCUT2D eigenvalue weighted by molar-refractivity contribution is -0.383. The molecular formula is C11H14N6O4. The molecule has 1 aromatic rings. The summed E-state index contributed by atoms with van der Waals surface area (Å²) in [6.07, 6.45) is 1.59. The molecule has 0 saturated carbocycles. The molecule has 0 bridgehead atoms. The molecular weight excluding hydrogens is 280 g/mol. The first kappa shape index (κ1) is 14.6. The van der Waals surface area contributed by atoms with Crippen LogP contribution in [0.1, 0.15) is 19.8 Å². The first-order valence-electron chi connectivity index (χ1n) is 6.36. The average Bonchev–Trinajstić information content (AvgIpc) is 2.42. The van der Waals surface area contributed by atoms with Crippen LogP contribution in [0.15, 0.2) is 6.33 Å². The van der Waals surface area contributed by atoms with E-state index in [1.807, 2.05) is 0 Å². The van der Waals surface area contributed by atoms with E-state index in [-0.39, 0.29) is 36.1 Å². The van der Waals surface area contributed by atoms with Crippen LogP contribution in [0.2, 0.25) is 0 Å². The van der Waals surface area contributed by atoms with Gasteiger partial charge in [0.1, 0.15) is 12.4 Å². The minimum Gasteiger partial charge on any atom is -0.364 e. The maximum absolute atomic E-state index is 11.7.